The van der Waals surface area contributed by atoms with Gasteiger partial charge in [0.1, 0.15) is 11.5 Å². The number of hydrogen-bond donors (Lipinski definition) is 0. The van der Waals surface area contributed by atoms with Crippen LogP contribution >= 0.6 is 0 Å². The molecule has 0 fully saturated rings. The minimum Gasteiger partial charge on any atom is -0.494 e. The summed E-state index contributed by atoms with van der Waals surface area (Å²) in [6, 6.07) is 32.6. The number of ether oxygens (including phenoxy) is 2. The fraction of sp³-hybridized carbons (Fsp3) is 0.188. The molecule has 0 spiro atoms. The maximum atomic E-state index is 5.68. The number of nitrogens with zero attached hydrogens (tertiary/aromatic N) is 2. The summed E-state index contributed by atoms with van der Waals surface area (Å²) in [5.41, 5.74) is 6.29. The second-order valence-electron chi connectivity index (χ2n) is 8.82. The Bertz CT molecular complexity index is 1300. The Morgan fingerprint density at radius 3 is 1.32 bits per heavy atom. The fourth-order valence-electron chi connectivity index (χ4n) is 4.00. The molecule has 0 aliphatic carbocycles. The molecule has 37 heavy (non-hydrogen) atoms. The molecule has 186 valence electrons. The summed E-state index contributed by atoms with van der Waals surface area (Å²) in [5, 5.41) is 4.20. The van der Waals surface area contributed by atoms with Crippen molar-refractivity contribution in [2.75, 3.05) is 13.2 Å². The van der Waals surface area contributed by atoms with Gasteiger partial charge in [0.2, 0.25) is 5.82 Å². The lowest BCUT2D eigenvalue weighted by Crippen LogP contribution is -1.94. The highest BCUT2D eigenvalue weighted by atomic mass is 16.5. The van der Waals surface area contributed by atoms with Crippen LogP contribution in [0.5, 0.6) is 11.5 Å². The first-order valence-electron chi connectivity index (χ1n) is 12.7. The van der Waals surface area contributed by atoms with E-state index < -0.39 is 0 Å². The monoisotopic (exact) mass is 490 g/mol. The molecule has 0 aliphatic heterocycles. The normalized spacial score (nSPS) is 10.9. The van der Waals surface area contributed by atoms with Crippen molar-refractivity contribution >= 4 is 0 Å². The second-order valence-corrected chi connectivity index (χ2v) is 8.82. The standard InChI is InChI=1S/C32H30N2O3/c1-3-21-35-29-17-13-25(14-18-29)23-5-9-27(10-6-23)31-33-32(37-34-31)28-11-7-24(8-12-28)26-15-19-30(20-16-26)36-22-4-2/h5-20H,3-4,21-22H2,1-2H3. The van der Waals surface area contributed by atoms with Gasteiger partial charge in [0, 0.05) is 11.1 Å². The van der Waals surface area contributed by atoms with E-state index in [9.17, 15) is 0 Å². The smallest absolute Gasteiger partial charge is 0.258 e. The largest absolute Gasteiger partial charge is 0.494 e. The average molecular weight is 491 g/mol. The van der Waals surface area contributed by atoms with Crippen molar-refractivity contribution in [1.29, 1.82) is 0 Å². The summed E-state index contributed by atoms with van der Waals surface area (Å²) in [4.78, 5) is 4.62. The van der Waals surface area contributed by atoms with Gasteiger partial charge >= 0.3 is 0 Å². The van der Waals surface area contributed by atoms with Crippen LogP contribution in [-0.2, 0) is 0 Å². The molecule has 0 bridgehead atoms. The van der Waals surface area contributed by atoms with E-state index in [0.717, 1.165) is 70.9 Å². The van der Waals surface area contributed by atoms with Gasteiger partial charge in [-0.2, -0.15) is 4.98 Å². The predicted octanol–water partition coefficient (Wildman–Crippen LogP) is 8.32. The average Bonchev–Trinajstić information content (AvgIpc) is 3.46. The van der Waals surface area contributed by atoms with Crippen molar-refractivity contribution < 1.29 is 14.0 Å². The van der Waals surface area contributed by atoms with Crippen LogP contribution in [0.2, 0.25) is 0 Å². The van der Waals surface area contributed by atoms with E-state index in [-0.39, 0.29) is 0 Å². The molecule has 0 saturated heterocycles. The van der Waals surface area contributed by atoms with Crippen LogP contribution in [0.1, 0.15) is 26.7 Å². The topological polar surface area (TPSA) is 57.4 Å². The number of benzene rings is 4. The molecular weight excluding hydrogens is 460 g/mol. The summed E-state index contributed by atoms with van der Waals surface area (Å²) in [6.45, 7) is 5.66. The van der Waals surface area contributed by atoms with Crippen LogP contribution in [0.3, 0.4) is 0 Å². The van der Waals surface area contributed by atoms with E-state index in [1.165, 1.54) is 0 Å². The molecule has 0 atom stereocenters. The van der Waals surface area contributed by atoms with Gasteiger partial charge in [-0.1, -0.05) is 79.7 Å². The number of rotatable bonds is 10. The molecular formula is C32H30N2O3. The highest BCUT2D eigenvalue weighted by molar-refractivity contribution is 5.70. The van der Waals surface area contributed by atoms with Gasteiger partial charge in [-0.05, 0) is 71.5 Å². The van der Waals surface area contributed by atoms with Crippen molar-refractivity contribution in [3.8, 4) is 56.6 Å². The van der Waals surface area contributed by atoms with E-state index in [2.05, 4.69) is 72.5 Å². The zero-order chi connectivity index (χ0) is 25.5. The van der Waals surface area contributed by atoms with Crippen LogP contribution in [0, 0.1) is 0 Å². The Hall–Kier alpha value is -4.38. The zero-order valence-corrected chi connectivity index (χ0v) is 21.2. The molecule has 5 rings (SSSR count). The van der Waals surface area contributed by atoms with Crippen molar-refractivity contribution in [3.05, 3.63) is 97.1 Å². The maximum absolute atomic E-state index is 5.68. The second kappa shape index (κ2) is 11.6. The third kappa shape index (κ3) is 5.89. The minimum absolute atomic E-state index is 0.497. The van der Waals surface area contributed by atoms with Crippen molar-refractivity contribution in [1.82, 2.24) is 10.1 Å². The van der Waals surface area contributed by atoms with Gasteiger partial charge < -0.3 is 14.0 Å². The molecule has 0 unspecified atom stereocenters. The van der Waals surface area contributed by atoms with Crippen LogP contribution in [0.15, 0.2) is 102 Å². The summed E-state index contributed by atoms with van der Waals surface area (Å²) in [5.74, 6) is 2.85. The molecule has 1 aromatic heterocycles. The van der Waals surface area contributed by atoms with Crippen LogP contribution in [0.25, 0.3) is 45.1 Å². The summed E-state index contributed by atoms with van der Waals surface area (Å²) in [6.07, 6.45) is 1.99. The van der Waals surface area contributed by atoms with Gasteiger partial charge in [-0.25, -0.2) is 0 Å². The Morgan fingerprint density at radius 1 is 0.514 bits per heavy atom. The Balaban J connectivity index is 1.26. The molecule has 0 aliphatic rings. The quantitative estimate of drug-likeness (QED) is 0.197. The van der Waals surface area contributed by atoms with Crippen molar-refractivity contribution in [2.24, 2.45) is 0 Å². The highest BCUT2D eigenvalue weighted by Gasteiger charge is 2.11. The molecule has 5 heteroatoms. The molecule has 0 amide bonds. The lowest BCUT2D eigenvalue weighted by Gasteiger charge is -2.06. The van der Waals surface area contributed by atoms with Crippen LogP contribution in [-0.4, -0.2) is 23.4 Å². The van der Waals surface area contributed by atoms with Gasteiger partial charge in [0.15, 0.2) is 0 Å². The molecule has 5 nitrogen and oxygen atoms in total. The van der Waals surface area contributed by atoms with E-state index in [1.807, 2.05) is 48.5 Å². The molecule has 4 aromatic carbocycles. The van der Waals surface area contributed by atoms with Crippen LogP contribution in [0.4, 0.5) is 0 Å². The number of hydrogen-bond acceptors (Lipinski definition) is 5. The van der Waals surface area contributed by atoms with Crippen molar-refractivity contribution in [3.63, 3.8) is 0 Å². The summed E-state index contributed by atoms with van der Waals surface area (Å²) in [7, 11) is 0. The van der Waals surface area contributed by atoms with Gasteiger partial charge in [-0.15, -0.1) is 0 Å². The summed E-state index contributed by atoms with van der Waals surface area (Å²) < 4.78 is 16.9. The van der Waals surface area contributed by atoms with Gasteiger partial charge in [-0.3, -0.25) is 0 Å². The predicted molar refractivity (Wildman–Crippen MR) is 148 cm³/mol. The Kier molecular flexibility index (Phi) is 7.60. The first-order chi connectivity index (χ1) is 18.2. The third-order valence-electron chi connectivity index (χ3n) is 6.02. The van der Waals surface area contributed by atoms with E-state index in [1.54, 1.807) is 0 Å². The molecule has 5 aromatic rings. The Morgan fingerprint density at radius 2 is 0.892 bits per heavy atom. The highest BCUT2D eigenvalue weighted by Crippen LogP contribution is 2.29. The van der Waals surface area contributed by atoms with E-state index >= 15 is 0 Å². The first kappa shape index (κ1) is 24.3. The van der Waals surface area contributed by atoms with Crippen LogP contribution < -0.4 is 9.47 Å². The van der Waals surface area contributed by atoms with Gasteiger partial charge in [0.25, 0.3) is 5.89 Å². The molecule has 0 radical (unpaired) electrons. The van der Waals surface area contributed by atoms with E-state index in [0.29, 0.717) is 11.7 Å². The maximum Gasteiger partial charge on any atom is 0.258 e. The van der Waals surface area contributed by atoms with E-state index in [4.69, 9.17) is 14.0 Å². The molecule has 0 N–H and O–H groups in total. The van der Waals surface area contributed by atoms with Crippen molar-refractivity contribution in [2.45, 2.75) is 26.7 Å². The Labute approximate surface area is 217 Å². The number of aromatic nitrogens is 2. The third-order valence-corrected chi connectivity index (χ3v) is 6.02. The molecule has 0 saturated carbocycles. The molecule has 1 heterocycles. The fourth-order valence-corrected chi connectivity index (χ4v) is 4.00. The van der Waals surface area contributed by atoms with Gasteiger partial charge in [0.05, 0.1) is 13.2 Å². The first-order valence-corrected chi connectivity index (χ1v) is 12.7. The lowest BCUT2D eigenvalue weighted by atomic mass is 10.0. The summed E-state index contributed by atoms with van der Waals surface area (Å²) >= 11 is 0. The lowest BCUT2D eigenvalue weighted by molar-refractivity contribution is 0.317. The SMILES string of the molecule is CCCOc1ccc(-c2ccc(-c3noc(-c4ccc(-c5ccc(OCCC)cc5)cc4)n3)cc2)cc1. The zero-order valence-electron chi connectivity index (χ0n) is 21.2. The minimum atomic E-state index is 0.497.